The average Bonchev–Trinajstić information content (AvgIpc) is 2.48. The standard InChI is InChI=1S/C9H14BrN3/c10-9-8-2-1-7(3-4-11)5-13(8)6-12-9/h6-7H,1-5,11H2. The smallest absolute Gasteiger partial charge is 0.127 e. The molecule has 0 saturated heterocycles. The van der Waals surface area contributed by atoms with Crippen LogP contribution in [-0.4, -0.2) is 16.1 Å². The molecule has 1 aromatic rings. The van der Waals surface area contributed by atoms with Crippen molar-refractivity contribution in [2.75, 3.05) is 6.54 Å². The topological polar surface area (TPSA) is 43.8 Å². The lowest BCUT2D eigenvalue weighted by molar-refractivity contribution is 0.352. The zero-order valence-electron chi connectivity index (χ0n) is 7.54. The summed E-state index contributed by atoms with van der Waals surface area (Å²) in [4.78, 5) is 4.24. The molecular weight excluding hydrogens is 230 g/mol. The lowest BCUT2D eigenvalue weighted by Crippen LogP contribution is -2.21. The largest absolute Gasteiger partial charge is 0.333 e. The molecule has 0 fully saturated rings. The van der Waals surface area contributed by atoms with Crippen molar-refractivity contribution in [1.82, 2.24) is 9.55 Å². The fraction of sp³-hybridized carbons (Fsp3) is 0.667. The minimum absolute atomic E-state index is 0.749. The molecule has 2 N–H and O–H groups in total. The molecule has 1 unspecified atom stereocenters. The van der Waals surface area contributed by atoms with Gasteiger partial charge in [-0.3, -0.25) is 0 Å². The first kappa shape index (κ1) is 9.21. The van der Waals surface area contributed by atoms with Gasteiger partial charge >= 0.3 is 0 Å². The number of nitrogens with two attached hydrogens (primary N) is 1. The van der Waals surface area contributed by atoms with E-state index in [9.17, 15) is 0 Å². The predicted molar refractivity (Wildman–Crippen MR) is 55.4 cm³/mol. The molecule has 2 heterocycles. The second-order valence-corrected chi connectivity index (χ2v) is 4.37. The van der Waals surface area contributed by atoms with Crippen LogP contribution in [0.25, 0.3) is 0 Å². The maximum absolute atomic E-state index is 5.55. The third kappa shape index (κ3) is 1.79. The fourth-order valence-corrected chi connectivity index (χ4v) is 2.49. The number of nitrogens with zero attached hydrogens (tertiary/aromatic N) is 2. The van der Waals surface area contributed by atoms with Crippen LogP contribution in [0.2, 0.25) is 0 Å². The van der Waals surface area contributed by atoms with Gasteiger partial charge in [-0.25, -0.2) is 4.98 Å². The van der Waals surface area contributed by atoms with Crippen LogP contribution in [-0.2, 0) is 13.0 Å². The van der Waals surface area contributed by atoms with Crippen LogP contribution < -0.4 is 5.73 Å². The zero-order valence-corrected chi connectivity index (χ0v) is 9.13. The minimum atomic E-state index is 0.749. The summed E-state index contributed by atoms with van der Waals surface area (Å²) in [5.74, 6) is 0.749. The Bertz CT molecular complexity index is 295. The van der Waals surface area contributed by atoms with Crippen molar-refractivity contribution in [3.05, 3.63) is 16.6 Å². The summed E-state index contributed by atoms with van der Waals surface area (Å²) in [5, 5.41) is 0. The molecule has 0 radical (unpaired) electrons. The summed E-state index contributed by atoms with van der Waals surface area (Å²) in [5.41, 5.74) is 6.89. The SMILES string of the molecule is NCCC1CCc2c(Br)ncn2C1. The number of aromatic nitrogens is 2. The van der Waals surface area contributed by atoms with Crippen molar-refractivity contribution in [2.24, 2.45) is 11.7 Å². The quantitative estimate of drug-likeness (QED) is 0.857. The molecular formula is C9H14BrN3. The molecule has 1 aliphatic rings. The van der Waals surface area contributed by atoms with Gasteiger partial charge in [-0.15, -0.1) is 0 Å². The first-order chi connectivity index (χ1) is 6.31. The number of hydrogen-bond acceptors (Lipinski definition) is 2. The van der Waals surface area contributed by atoms with E-state index in [0.29, 0.717) is 0 Å². The van der Waals surface area contributed by atoms with Crippen molar-refractivity contribution >= 4 is 15.9 Å². The maximum atomic E-state index is 5.55. The van der Waals surface area contributed by atoms with E-state index in [1.807, 2.05) is 6.33 Å². The molecule has 0 saturated carbocycles. The summed E-state index contributed by atoms with van der Waals surface area (Å²) >= 11 is 3.45. The van der Waals surface area contributed by atoms with E-state index in [-0.39, 0.29) is 0 Å². The highest BCUT2D eigenvalue weighted by atomic mass is 79.9. The van der Waals surface area contributed by atoms with Crippen LogP contribution in [0.15, 0.2) is 10.9 Å². The molecule has 0 spiro atoms. The summed E-state index contributed by atoms with van der Waals surface area (Å²) in [6, 6.07) is 0. The highest BCUT2D eigenvalue weighted by Crippen LogP contribution is 2.26. The third-order valence-corrected chi connectivity index (χ3v) is 3.38. The molecule has 0 bridgehead atoms. The third-order valence-electron chi connectivity index (χ3n) is 2.71. The number of halogens is 1. The first-order valence-corrected chi connectivity index (χ1v) is 5.50. The second kappa shape index (κ2) is 3.80. The van der Waals surface area contributed by atoms with Crippen LogP contribution in [0.1, 0.15) is 18.5 Å². The molecule has 13 heavy (non-hydrogen) atoms. The van der Waals surface area contributed by atoms with E-state index in [0.717, 1.165) is 36.5 Å². The highest BCUT2D eigenvalue weighted by molar-refractivity contribution is 9.10. The first-order valence-electron chi connectivity index (χ1n) is 4.71. The van der Waals surface area contributed by atoms with Gasteiger partial charge < -0.3 is 10.3 Å². The molecule has 1 aromatic heterocycles. The Hall–Kier alpha value is -0.350. The van der Waals surface area contributed by atoms with E-state index in [2.05, 4.69) is 25.5 Å². The summed E-state index contributed by atoms with van der Waals surface area (Å²) in [6.45, 7) is 1.89. The van der Waals surface area contributed by atoms with Crippen molar-refractivity contribution in [1.29, 1.82) is 0 Å². The summed E-state index contributed by atoms with van der Waals surface area (Å²) in [7, 11) is 0. The Morgan fingerprint density at radius 1 is 1.69 bits per heavy atom. The van der Waals surface area contributed by atoms with Crippen molar-refractivity contribution in [3.63, 3.8) is 0 Å². The highest BCUT2D eigenvalue weighted by Gasteiger charge is 2.19. The van der Waals surface area contributed by atoms with Gasteiger partial charge in [0.2, 0.25) is 0 Å². The molecule has 3 nitrogen and oxygen atoms in total. The van der Waals surface area contributed by atoms with Gasteiger partial charge in [-0.05, 0) is 47.7 Å². The van der Waals surface area contributed by atoms with Gasteiger partial charge in [-0.2, -0.15) is 0 Å². The summed E-state index contributed by atoms with van der Waals surface area (Å²) in [6.07, 6.45) is 5.43. The van der Waals surface area contributed by atoms with Gasteiger partial charge in [0.25, 0.3) is 0 Å². The van der Waals surface area contributed by atoms with Gasteiger partial charge in [0.1, 0.15) is 4.60 Å². The van der Waals surface area contributed by atoms with E-state index in [1.165, 1.54) is 12.1 Å². The Balaban J connectivity index is 2.11. The van der Waals surface area contributed by atoms with Crippen LogP contribution in [0, 0.1) is 5.92 Å². The number of imidazole rings is 1. The average molecular weight is 244 g/mol. The van der Waals surface area contributed by atoms with Gasteiger partial charge in [-0.1, -0.05) is 0 Å². The Morgan fingerprint density at radius 3 is 3.31 bits per heavy atom. The van der Waals surface area contributed by atoms with Gasteiger partial charge in [0, 0.05) is 6.54 Å². The van der Waals surface area contributed by atoms with Gasteiger partial charge in [0.15, 0.2) is 0 Å². The Labute approximate surface area is 86.5 Å². The maximum Gasteiger partial charge on any atom is 0.127 e. The molecule has 0 aliphatic carbocycles. The molecule has 4 heteroatoms. The van der Waals surface area contributed by atoms with E-state index >= 15 is 0 Å². The van der Waals surface area contributed by atoms with Gasteiger partial charge in [0.05, 0.1) is 12.0 Å². The molecule has 2 rings (SSSR count). The molecule has 72 valence electrons. The number of hydrogen-bond donors (Lipinski definition) is 1. The van der Waals surface area contributed by atoms with Crippen LogP contribution in [0.4, 0.5) is 0 Å². The lowest BCUT2D eigenvalue weighted by Gasteiger charge is -2.23. The predicted octanol–water partition coefficient (Wildman–Crippen LogP) is 1.56. The summed E-state index contributed by atoms with van der Waals surface area (Å²) < 4.78 is 3.26. The van der Waals surface area contributed by atoms with E-state index in [4.69, 9.17) is 5.73 Å². The monoisotopic (exact) mass is 243 g/mol. The lowest BCUT2D eigenvalue weighted by atomic mass is 9.95. The molecule has 1 aliphatic heterocycles. The van der Waals surface area contributed by atoms with Crippen molar-refractivity contribution in [3.8, 4) is 0 Å². The zero-order chi connectivity index (χ0) is 9.26. The fourth-order valence-electron chi connectivity index (χ4n) is 1.97. The minimum Gasteiger partial charge on any atom is -0.333 e. The van der Waals surface area contributed by atoms with E-state index < -0.39 is 0 Å². The molecule has 0 aromatic carbocycles. The number of rotatable bonds is 2. The normalized spacial score (nSPS) is 21.5. The van der Waals surface area contributed by atoms with Crippen molar-refractivity contribution in [2.45, 2.75) is 25.8 Å². The molecule has 0 amide bonds. The number of fused-ring (bicyclic) bond motifs is 1. The second-order valence-electron chi connectivity index (χ2n) is 3.62. The Morgan fingerprint density at radius 2 is 2.54 bits per heavy atom. The van der Waals surface area contributed by atoms with Crippen LogP contribution >= 0.6 is 15.9 Å². The Kier molecular flexibility index (Phi) is 2.69. The van der Waals surface area contributed by atoms with Crippen LogP contribution in [0.5, 0.6) is 0 Å². The van der Waals surface area contributed by atoms with Crippen molar-refractivity contribution < 1.29 is 0 Å². The molecule has 1 atom stereocenters. The van der Waals surface area contributed by atoms with Crippen LogP contribution in [0.3, 0.4) is 0 Å². The van der Waals surface area contributed by atoms with E-state index in [1.54, 1.807) is 0 Å².